The Bertz CT molecular complexity index is 1060. The molecule has 4 rings (SSSR count). The van der Waals surface area contributed by atoms with E-state index < -0.39 is 0 Å². The lowest BCUT2D eigenvalue weighted by atomic mass is 9.83. The van der Waals surface area contributed by atoms with Gasteiger partial charge in [0.1, 0.15) is 11.3 Å². The molecule has 1 N–H and O–H groups in total. The maximum atomic E-state index is 9.25. The van der Waals surface area contributed by atoms with Crippen LogP contribution in [0.1, 0.15) is 26.3 Å². The van der Waals surface area contributed by atoms with Crippen LogP contribution in [0.4, 0.5) is 0 Å². The Hall–Kier alpha value is -2.46. The Labute approximate surface area is 141 Å². The van der Waals surface area contributed by atoms with Gasteiger partial charge in [0.2, 0.25) is 0 Å². The van der Waals surface area contributed by atoms with Gasteiger partial charge in [-0.1, -0.05) is 57.2 Å². The van der Waals surface area contributed by atoms with E-state index in [0.717, 1.165) is 27.1 Å². The van der Waals surface area contributed by atoms with Gasteiger partial charge in [-0.15, -0.1) is 0 Å². The average molecular weight is 318 g/mol. The van der Waals surface area contributed by atoms with Crippen molar-refractivity contribution in [1.82, 2.24) is 0 Å². The molecular formula is C20H19BO3. The number of fused-ring (bicyclic) bond motifs is 5. The molecule has 0 bridgehead atoms. The maximum Gasteiger partial charge on any atom is 0.504 e. The molecule has 0 aliphatic carbocycles. The number of hydrogen-bond donors (Lipinski definition) is 1. The highest BCUT2D eigenvalue weighted by atomic mass is 16.5. The van der Waals surface area contributed by atoms with Crippen LogP contribution in [0.15, 0.2) is 52.9 Å². The zero-order valence-corrected chi connectivity index (χ0v) is 14.1. The lowest BCUT2D eigenvalue weighted by Gasteiger charge is -2.20. The molecule has 120 valence electrons. The molecule has 0 aliphatic heterocycles. The molecule has 1 heterocycles. The van der Waals surface area contributed by atoms with Crippen molar-refractivity contribution in [2.75, 3.05) is 0 Å². The Morgan fingerprint density at radius 1 is 1.00 bits per heavy atom. The summed E-state index contributed by atoms with van der Waals surface area (Å²) in [5.74, 6) is 0.572. The quantitative estimate of drug-likeness (QED) is 0.546. The molecule has 1 aromatic heterocycles. The minimum absolute atomic E-state index is 0.00867. The van der Waals surface area contributed by atoms with E-state index in [9.17, 15) is 5.02 Å². The second-order valence-corrected chi connectivity index (χ2v) is 7.10. The molecule has 0 saturated carbocycles. The second kappa shape index (κ2) is 5.28. The molecule has 0 spiro atoms. The molecule has 0 radical (unpaired) electrons. The zero-order chi connectivity index (χ0) is 16.9. The van der Waals surface area contributed by atoms with E-state index in [2.05, 4.69) is 39.0 Å². The van der Waals surface area contributed by atoms with Gasteiger partial charge in [-0.05, 0) is 33.9 Å². The van der Waals surface area contributed by atoms with E-state index in [1.807, 2.05) is 30.3 Å². The number of rotatable bonds is 2. The van der Waals surface area contributed by atoms with Crippen LogP contribution < -0.4 is 4.65 Å². The van der Waals surface area contributed by atoms with Crippen molar-refractivity contribution in [2.24, 2.45) is 0 Å². The summed E-state index contributed by atoms with van der Waals surface area (Å²) >= 11 is 0. The van der Waals surface area contributed by atoms with Gasteiger partial charge < -0.3 is 14.1 Å². The standard InChI is InChI=1S/C20H19BO3/c1-20(2,3)14-9-6-10-15-18(14)17-13-8-5-4-7-12(13)11-16(24-21-22)19(17)23-15/h4-11,21-22H,1-3H3. The van der Waals surface area contributed by atoms with E-state index in [0.29, 0.717) is 11.3 Å². The van der Waals surface area contributed by atoms with Crippen molar-refractivity contribution < 1.29 is 14.1 Å². The fourth-order valence-corrected chi connectivity index (χ4v) is 3.44. The third-order valence-electron chi connectivity index (χ3n) is 4.48. The molecule has 0 aliphatic rings. The fourth-order valence-electron chi connectivity index (χ4n) is 3.44. The molecule has 3 aromatic carbocycles. The summed E-state index contributed by atoms with van der Waals surface area (Å²) in [4.78, 5) is 0. The molecule has 24 heavy (non-hydrogen) atoms. The smallest absolute Gasteiger partial charge is 0.504 e. The van der Waals surface area contributed by atoms with Crippen molar-refractivity contribution in [3.63, 3.8) is 0 Å². The fraction of sp³-hybridized carbons (Fsp3) is 0.200. The van der Waals surface area contributed by atoms with Crippen LogP contribution in [0.25, 0.3) is 32.7 Å². The first-order valence-electron chi connectivity index (χ1n) is 8.12. The summed E-state index contributed by atoms with van der Waals surface area (Å²) in [6, 6.07) is 16.3. The zero-order valence-electron chi connectivity index (χ0n) is 14.1. The highest BCUT2D eigenvalue weighted by Crippen LogP contribution is 2.43. The van der Waals surface area contributed by atoms with Crippen LogP contribution in [-0.2, 0) is 5.41 Å². The predicted molar refractivity (Wildman–Crippen MR) is 99.9 cm³/mol. The van der Waals surface area contributed by atoms with Crippen LogP contribution in [0, 0.1) is 0 Å². The van der Waals surface area contributed by atoms with E-state index in [1.54, 1.807) is 0 Å². The summed E-state index contributed by atoms with van der Waals surface area (Å²) in [6.07, 6.45) is 0. The van der Waals surface area contributed by atoms with Gasteiger partial charge in [0.25, 0.3) is 0 Å². The van der Waals surface area contributed by atoms with Gasteiger partial charge in [-0.2, -0.15) is 0 Å². The predicted octanol–water partition coefficient (Wildman–Crippen LogP) is 4.67. The molecule has 4 aromatic rings. The van der Waals surface area contributed by atoms with Gasteiger partial charge >= 0.3 is 7.69 Å². The summed E-state index contributed by atoms with van der Waals surface area (Å²) in [5, 5.41) is 13.6. The second-order valence-electron chi connectivity index (χ2n) is 7.10. The third-order valence-corrected chi connectivity index (χ3v) is 4.48. The number of benzene rings is 3. The Balaban J connectivity index is 2.28. The maximum absolute atomic E-state index is 9.25. The Morgan fingerprint density at radius 2 is 1.79 bits per heavy atom. The molecule has 0 amide bonds. The molecule has 0 atom stereocenters. The lowest BCUT2D eigenvalue weighted by molar-refractivity contribution is 0.451. The van der Waals surface area contributed by atoms with Crippen LogP contribution in [0.5, 0.6) is 5.75 Å². The summed E-state index contributed by atoms with van der Waals surface area (Å²) in [7, 11) is -0.378. The van der Waals surface area contributed by atoms with Crippen LogP contribution in [0.2, 0.25) is 0 Å². The normalized spacial score (nSPS) is 12.2. The molecular weight excluding hydrogens is 299 g/mol. The summed E-state index contributed by atoms with van der Waals surface area (Å²) in [6.45, 7) is 6.62. The van der Waals surface area contributed by atoms with Crippen molar-refractivity contribution in [1.29, 1.82) is 0 Å². The van der Waals surface area contributed by atoms with Gasteiger partial charge in [-0.25, -0.2) is 0 Å². The van der Waals surface area contributed by atoms with Gasteiger partial charge in [0.15, 0.2) is 5.58 Å². The van der Waals surface area contributed by atoms with E-state index in [4.69, 9.17) is 9.07 Å². The van der Waals surface area contributed by atoms with Crippen molar-refractivity contribution in [3.05, 3.63) is 54.1 Å². The highest BCUT2D eigenvalue weighted by Gasteiger charge is 2.23. The Morgan fingerprint density at radius 3 is 2.54 bits per heavy atom. The molecule has 0 unspecified atom stereocenters. The first-order valence-corrected chi connectivity index (χ1v) is 8.12. The minimum Gasteiger partial charge on any atom is -0.536 e. The third kappa shape index (κ3) is 2.18. The average Bonchev–Trinajstić information content (AvgIpc) is 2.94. The number of furan rings is 1. The largest absolute Gasteiger partial charge is 0.536 e. The van der Waals surface area contributed by atoms with Crippen LogP contribution >= 0.6 is 0 Å². The van der Waals surface area contributed by atoms with Gasteiger partial charge in [0.05, 0.1) is 0 Å². The highest BCUT2D eigenvalue weighted by molar-refractivity contribution is 6.23. The molecule has 0 saturated heterocycles. The Kier molecular flexibility index (Phi) is 3.32. The van der Waals surface area contributed by atoms with Gasteiger partial charge in [-0.3, -0.25) is 0 Å². The topological polar surface area (TPSA) is 42.6 Å². The summed E-state index contributed by atoms with van der Waals surface area (Å²) in [5.41, 5.74) is 2.77. The monoisotopic (exact) mass is 318 g/mol. The molecule has 3 nitrogen and oxygen atoms in total. The molecule has 4 heteroatoms. The van der Waals surface area contributed by atoms with Crippen molar-refractivity contribution >= 4 is 40.4 Å². The van der Waals surface area contributed by atoms with E-state index in [-0.39, 0.29) is 13.1 Å². The van der Waals surface area contributed by atoms with Crippen LogP contribution in [0.3, 0.4) is 0 Å². The van der Waals surface area contributed by atoms with E-state index in [1.165, 1.54) is 5.56 Å². The lowest BCUT2D eigenvalue weighted by Crippen LogP contribution is -2.11. The first kappa shape index (κ1) is 15.1. The number of hydrogen-bond acceptors (Lipinski definition) is 3. The van der Waals surface area contributed by atoms with Crippen molar-refractivity contribution in [3.8, 4) is 5.75 Å². The first-order chi connectivity index (χ1) is 11.5. The van der Waals surface area contributed by atoms with E-state index >= 15 is 0 Å². The summed E-state index contributed by atoms with van der Waals surface area (Å²) < 4.78 is 11.6. The minimum atomic E-state index is -0.378. The van der Waals surface area contributed by atoms with Crippen molar-refractivity contribution in [2.45, 2.75) is 26.2 Å². The van der Waals surface area contributed by atoms with Crippen LogP contribution in [-0.4, -0.2) is 12.7 Å². The van der Waals surface area contributed by atoms with Gasteiger partial charge in [0, 0.05) is 10.8 Å². The SMILES string of the molecule is CC(C)(C)c1cccc2oc3c(OBO)cc4ccccc4c3c12. The molecule has 0 fully saturated rings.